The highest BCUT2D eigenvalue weighted by atomic mass is 35.5. The molecule has 0 radical (unpaired) electrons. The number of likely N-dealkylation sites (N-methyl/N-ethyl adjacent to an activating group) is 1. The van der Waals surface area contributed by atoms with Crippen molar-refractivity contribution in [3.8, 4) is 0 Å². The topological polar surface area (TPSA) is 29.9 Å². The lowest BCUT2D eigenvalue weighted by atomic mass is 10.1. The Morgan fingerprint density at radius 2 is 2.20 bits per heavy atom. The van der Waals surface area contributed by atoms with Gasteiger partial charge in [0.15, 0.2) is 0 Å². The quantitative estimate of drug-likeness (QED) is 0.835. The van der Waals surface area contributed by atoms with Crippen molar-refractivity contribution < 1.29 is 0 Å². The largest absolute Gasteiger partial charge is 0.309 e. The summed E-state index contributed by atoms with van der Waals surface area (Å²) in [5, 5.41) is 11.1. The molecule has 5 heteroatoms. The summed E-state index contributed by atoms with van der Waals surface area (Å²) in [4.78, 5) is 1.35. The van der Waals surface area contributed by atoms with Gasteiger partial charge in [-0.25, -0.2) is 0 Å². The highest BCUT2D eigenvalue weighted by Crippen LogP contribution is 2.28. The molecule has 0 aliphatic carbocycles. The van der Waals surface area contributed by atoms with Crippen LogP contribution in [0.15, 0.2) is 17.5 Å². The van der Waals surface area contributed by atoms with Crippen LogP contribution < -0.4 is 5.32 Å². The predicted molar refractivity (Wildman–Crippen MR) is 86.7 cm³/mol. The normalized spacial score (nSPS) is 12.8. The summed E-state index contributed by atoms with van der Waals surface area (Å²) in [6.07, 6.45) is 1.76. The van der Waals surface area contributed by atoms with E-state index in [0.29, 0.717) is 6.04 Å². The number of nitrogens with one attached hydrogen (secondary N) is 1. The maximum Gasteiger partial charge on any atom is 0.0850 e. The zero-order valence-electron chi connectivity index (χ0n) is 12.3. The highest BCUT2D eigenvalue weighted by molar-refractivity contribution is 7.10. The molecule has 2 rings (SSSR count). The Bertz CT molecular complexity index is 534. The number of rotatable bonds is 7. The molecule has 2 heterocycles. The Balaban J connectivity index is 2.28. The van der Waals surface area contributed by atoms with Crippen LogP contribution in [0.3, 0.4) is 0 Å². The van der Waals surface area contributed by atoms with Crippen molar-refractivity contribution in [1.82, 2.24) is 15.1 Å². The van der Waals surface area contributed by atoms with E-state index >= 15 is 0 Å². The van der Waals surface area contributed by atoms with Gasteiger partial charge < -0.3 is 5.32 Å². The summed E-state index contributed by atoms with van der Waals surface area (Å²) in [5.41, 5.74) is 2.15. The first-order valence-electron chi connectivity index (χ1n) is 7.22. The molecule has 1 unspecified atom stereocenters. The van der Waals surface area contributed by atoms with Gasteiger partial charge in [-0.3, -0.25) is 4.68 Å². The first-order valence-corrected chi connectivity index (χ1v) is 8.47. The second-order valence-corrected chi connectivity index (χ2v) is 6.06. The van der Waals surface area contributed by atoms with Gasteiger partial charge in [0.2, 0.25) is 0 Å². The van der Waals surface area contributed by atoms with Gasteiger partial charge in [-0.2, -0.15) is 5.10 Å². The van der Waals surface area contributed by atoms with Crippen LogP contribution >= 0.6 is 22.9 Å². The van der Waals surface area contributed by atoms with Gasteiger partial charge in [-0.05, 0) is 31.3 Å². The summed E-state index contributed by atoms with van der Waals surface area (Å²) >= 11 is 8.29. The number of halogens is 1. The summed E-state index contributed by atoms with van der Waals surface area (Å²) in [7, 11) is 0. The van der Waals surface area contributed by atoms with E-state index < -0.39 is 0 Å². The average Bonchev–Trinajstić information content (AvgIpc) is 3.07. The number of thiophene rings is 1. The van der Waals surface area contributed by atoms with E-state index in [4.69, 9.17) is 11.6 Å². The molecule has 110 valence electrons. The van der Waals surface area contributed by atoms with Gasteiger partial charge in [0.05, 0.1) is 16.4 Å². The minimum absolute atomic E-state index is 0.309. The number of aryl methyl sites for hydroxylation is 2. The summed E-state index contributed by atoms with van der Waals surface area (Å²) < 4.78 is 2.04. The Kier molecular flexibility index (Phi) is 5.64. The SMILES string of the molecule is CCNC(Cc1c(Cl)c(CC)nn1CC)c1cccs1. The number of aromatic nitrogens is 2. The van der Waals surface area contributed by atoms with Gasteiger partial charge in [0.25, 0.3) is 0 Å². The third-order valence-electron chi connectivity index (χ3n) is 3.43. The van der Waals surface area contributed by atoms with Crippen LogP contribution in [-0.2, 0) is 19.4 Å². The van der Waals surface area contributed by atoms with E-state index in [1.165, 1.54) is 4.88 Å². The van der Waals surface area contributed by atoms with E-state index in [-0.39, 0.29) is 0 Å². The lowest BCUT2D eigenvalue weighted by Gasteiger charge is -2.17. The van der Waals surface area contributed by atoms with Crippen molar-refractivity contribution in [1.29, 1.82) is 0 Å². The second kappa shape index (κ2) is 7.25. The van der Waals surface area contributed by atoms with E-state index in [1.807, 2.05) is 4.68 Å². The first kappa shape index (κ1) is 15.5. The lowest BCUT2D eigenvalue weighted by molar-refractivity contribution is 0.522. The monoisotopic (exact) mass is 311 g/mol. The van der Waals surface area contributed by atoms with Crippen LogP contribution in [0.2, 0.25) is 5.02 Å². The molecular formula is C15H22ClN3S. The molecular weight excluding hydrogens is 290 g/mol. The number of hydrogen-bond donors (Lipinski definition) is 1. The van der Waals surface area contributed by atoms with Crippen molar-refractivity contribution in [2.75, 3.05) is 6.54 Å². The molecule has 0 aromatic carbocycles. The molecule has 2 aromatic rings. The molecule has 0 saturated carbocycles. The molecule has 0 bridgehead atoms. The van der Waals surface area contributed by atoms with Crippen LogP contribution in [0.1, 0.15) is 43.1 Å². The first-order chi connectivity index (χ1) is 9.71. The highest BCUT2D eigenvalue weighted by Gasteiger charge is 2.20. The van der Waals surface area contributed by atoms with Crippen LogP contribution in [0.4, 0.5) is 0 Å². The molecule has 2 aromatic heterocycles. The number of hydrogen-bond acceptors (Lipinski definition) is 3. The Morgan fingerprint density at radius 3 is 2.75 bits per heavy atom. The van der Waals surface area contributed by atoms with Crippen molar-refractivity contribution in [3.63, 3.8) is 0 Å². The summed E-state index contributed by atoms with van der Waals surface area (Å²) in [6.45, 7) is 8.15. The second-order valence-electron chi connectivity index (χ2n) is 4.71. The average molecular weight is 312 g/mol. The van der Waals surface area contributed by atoms with E-state index in [9.17, 15) is 0 Å². The van der Waals surface area contributed by atoms with Gasteiger partial charge in [-0.1, -0.05) is 31.5 Å². The Labute approximate surface area is 130 Å². The van der Waals surface area contributed by atoms with Crippen LogP contribution in [0.5, 0.6) is 0 Å². The lowest BCUT2D eigenvalue weighted by Crippen LogP contribution is -2.23. The van der Waals surface area contributed by atoms with E-state index in [0.717, 1.165) is 42.3 Å². The smallest absolute Gasteiger partial charge is 0.0850 e. The molecule has 0 aliphatic heterocycles. The molecule has 0 aliphatic rings. The summed E-state index contributed by atoms with van der Waals surface area (Å²) in [5.74, 6) is 0. The molecule has 0 saturated heterocycles. The maximum absolute atomic E-state index is 6.51. The van der Waals surface area contributed by atoms with Crippen molar-refractivity contribution in [3.05, 3.63) is 38.8 Å². The Hall–Kier alpha value is -0.840. The van der Waals surface area contributed by atoms with Crippen molar-refractivity contribution in [2.24, 2.45) is 0 Å². The zero-order valence-corrected chi connectivity index (χ0v) is 13.9. The third-order valence-corrected chi connectivity index (χ3v) is 4.85. The van der Waals surface area contributed by atoms with Crippen LogP contribution in [-0.4, -0.2) is 16.3 Å². The molecule has 20 heavy (non-hydrogen) atoms. The van der Waals surface area contributed by atoms with E-state index in [1.54, 1.807) is 11.3 Å². The predicted octanol–water partition coefficient (Wildman–Crippen LogP) is 4.07. The fourth-order valence-electron chi connectivity index (χ4n) is 2.41. The van der Waals surface area contributed by atoms with Crippen molar-refractivity contribution >= 4 is 22.9 Å². The maximum atomic E-state index is 6.51. The standard InChI is InChI=1S/C15H22ClN3S/c1-4-11-15(16)13(19(6-3)18-11)10-12(17-5-2)14-8-7-9-20-14/h7-9,12,17H,4-6,10H2,1-3H3. The molecule has 0 fully saturated rings. The molecule has 0 spiro atoms. The van der Waals surface area contributed by atoms with Gasteiger partial charge in [0, 0.05) is 23.9 Å². The molecule has 1 atom stereocenters. The van der Waals surface area contributed by atoms with Crippen molar-refractivity contribution in [2.45, 2.75) is 46.2 Å². The van der Waals surface area contributed by atoms with Gasteiger partial charge in [0.1, 0.15) is 0 Å². The molecule has 1 N–H and O–H groups in total. The molecule has 3 nitrogen and oxygen atoms in total. The van der Waals surface area contributed by atoms with E-state index in [2.05, 4.69) is 48.7 Å². The van der Waals surface area contributed by atoms with Gasteiger partial charge >= 0.3 is 0 Å². The summed E-state index contributed by atoms with van der Waals surface area (Å²) in [6, 6.07) is 4.59. The Morgan fingerprint density at radius 1 is 1.40 bits per heavy atom. The fraction of sp³-hybridized carbons (Fsp3) is 0.533. The third kappa shape index (κ3) is 3.25. The van der Waals surface area contributed by atoms with Crippen LogP contribution in [0, 0.1) is 0 Å². The fourth-order valence-corrected chi connectivity index (χ4v) is 3.56. The minimum Gasteiger partial charge on any atom is -0.309 e. The number of nitrogens with zero attached hydrogens (tertiary/aromatic N) is 2. The zero-order chi connectivity index (χ0) is 14.5. The molecule has 0 amide bonds. The van der Waals surface area contributed by atoms with Crippen LogP contribution in [0.25, 0.3) is 0 Å². The van der Waals surface area contributed by atoms with Gasteiger partial charge in [-0.15, -0.1) is 11.3 Å². The minimum atomic E-state index is 0.309.